The van der Waals surface area contributed by atoms with Crippen LogP contribution in [0.3, 0.4) is 0 Å². The van der Waals surface area contributed by atoms with Gasteiger partial charge in [0.05, 0.1) is 5.56 Å². The van der Waals surface area contributed by atoms with Crippen molar-refractivity contribution >= 4 is 17.2 Å². The average Bonchev–Trinajstić information content (AvgIpc) is 3.26. The summed E-state index contributed by atoms with van der Waals surface area (Å²) in [6, 6.07) is 9.98. The van der Waals surface area contributed by atoms with E-state index in [0.29, 0.717) is 23.8 Å². The molecule has 0 spiro atoms. The van der Waals surface area contributed by atoms with E-state index in [9.17, 15) is 4.79 Å². The highest BCUT2D eigenvalue weighted by molar-refractivity contribution is 7.10. The van der Waals surface area contributed by atoms with Gasteiger partial charge >= 0.3 is 0 Å². The molecule has 7 heteroatoms. The van der Waals surface area contributed by atoms with Gasteiger partial charge in [0.1, 0.15) is 13.2 Å². The van der Waals surface area contributed by atoms with Gasteiger partial charge < -0.3 is 14.2 Å². The molecular weight excluding hydrogens is 350 g/mol. The number of methoxy groups -OCH3 is 1. The molecule has 3 aromatic rings. The van der Waals surface area contributed by atoms with Crippen molar-refractivity contribution in [1.82, 2.24) is 15.0 Å². The minimum Gasteiger partial charge on any atom is -0.377 e. The van der Waals surface area contributed by atoms with Gasteiger partial charge in [0, 0.05) is 29.5 Å². The van der Waals surface area contributed by atoms with Crippen LogP contribution in [0.25, 0.3) is 11.1 Å². The highest BCUT2D eigenvalue weighted by Gasteiger charge is 2.23. The van der Waals surface area contributed by atoms with Gasteiger partial charge in [-0.25, -0.2) is 0 Å². The fourth-order valence-corrected chi connectivity index (χ4v) is 3.64. The Morgan fingerprint density at radius 2 is 2.08 bits per heavy atom. The van der Waals surface area contributed by atoms with E-state index in [-0.39, 0.29) is 19.1 Å². The van der Waals surface area contributed by atoms with Gasteiger partial charge in [-0.15, -0.1) is 11.3 Å². The molecule has 0 fully saturated rings. The number of carbonyl (C=O) groups excluding carboxylic acids is 1. The summed E-state index contributed by atoms with van der Waals surface area (Å²) >= 11 is 1.58. The third-order valence-corrected chi connectivity index (χ3v) is 4.96. The number of carbonyl (C=O) groups is 1. The highest BCUT2D eigenvalue weighted by atomic mass is 32.1. The summed E-state index contributed by atoms with van der Waals surface area (Å²) in [5.74, 6) is 0.838. The summed E-state index contributed by atoms with van der Waals surface area (Å²) in [4.78, 5) is 20.2. The van der Waals surface area contributed by atoms with E-state index in [1.54, 1.807) is 23.3 Å². The van der Waals surface area contributed by atoms with Crippen molar-refractivity contribution in [1.29, 1.82) is 0 Å². The molecule has 2 heterocycles. The van der Waals surface area contributed by atoms with E-state index in [4.69, 9.17) is 9.26 Å². The lowest BCUT2D eigenvalue weighted by atomic mass is 10.0. The van der Waals surface area contributed by atoms with E-state index in [1.165, 1.54) is 0 Å². The van der Waals surface area contributed by atoms with Crippen molar-refractivity contribution in [2.45, 2.75) is 27.0 Å². The van der Waals surface area contributed by atoms with Gasteiger partial charge in [-0.05, 0) is 19.4 Å². The van der Waals surface area contributed by atoms with Gasteiger partial charge in [0.15, 0.2) is 5.82 Å². The number of aromatic nitrogens is 2. The van der Waals surface area contributed by atoms with Crippen LogP contribution < -0.4 is 0 Å². The van der Waals surface area contributed by atoms with Crippen LogP contribution in [-0.2, 0) is 17.9 Å². The van der Waals surface area contributed by atoms with Crippen LogP contribution >= 0.6 is 11.3 Å². The maximum Gasteiger partial charge on any atom is 0.255 e. The summed E-state index contributed by atoms with van der Waals surface area (Å²) in [5, 5.41) is 5.77. The van der Waals surface area contributed by atoms with Crippen LogP contribution in [0.5, 0.6) is 0 Å². The second-order valence-corrected chi connectivity index (χ2v) is 6.89. The molecule has 1 aromatic carbocycles. The Morgan fingerprint density at radius 1 is 1.31 bits per heavy atom. The van der Waals surface area contributed by atoms with Crippen molar-refractivity contribution in [3.63, 3.8) is 0 Å². The molecule has 0 aliphatic rings. The molecule has 3 rings (SSSR count). The van der Waals surface area contributed by atoms with Crippen molar-refractivity contribution in [3.8, 4) is 11.1 Å². The molecule has 0 saturated heterocycles. The van der Waals surface area contributed by atoms with E-state index >= 15 is 0 Å². The summed E-state index contributed by atoms with van der Waals surface area (Å²) in [5.41, 5.74) is 2.74. The number of benzene rings is 1. The zero-order valence-electron chi connectivity index (χ0n) is 15.1. The number of hydrogen-bond donors (Lipinski definition) is 0. The number of rotatable bonds is 7. The van der Waals surface area contributed by atoms with Crippen LogP contribution in [0.15, 0.2) is 40.2 Å². The van der Waals surface area contributed by atoms with E-state index < -0.39 is 0 Å². The Balaban J connectivity index is 1.85. The van der Waals surface area contributed by atoms with Gasteiger partial charge in [-0.1, -0.05) is 35.5 Å². The van der Waals surface area contributed by atoms with Gasteiger partial charge in [-0.2, -0.15) is 4.98 Å². The van der Waals surface area contributed by atoms with Crippen molar-refractivity contribution in [2.75, 3.05) is 13.7 Å². The molecular formula is C19H21N3O3S. The minimum absolute atomic E-state index is 0.0396. The number of amides is 1. The maximum atomic E-state index is 13.1. The number of ether oxygens (including phenoxy) is 1. The summed E-state index contributed by atoms with van der Waals surface area (Å²) in [7, 11) is 1.57. The molecule has 136 valence electrons. The molecule has 0 saturated carbocycles. The molecule has 0 atom stereocenters. The van der Waals surface area contributed by atoms with E-state index in [1.807, 2.05) is 49.6 Å². The van der Waals surface area contributed by atoms with E-state index in [2.05, 4.69) is 10.1 Å². The van der Waals surface area contributed by atoms with Gasteiger partial charge in [-0.3, -0.25) is 4.79 Å². The molecule has 1 amide bonds. The summed E-state index contributed by atoms with van der Waals surface area (Å²) < 4.78 is 10.2. The average molecular weight is 371 g/mol. The Bertz CT molecular complexity index is 873. The third kappa shape index (κ3) is 3.84. The molecule has 0 aliphatic carbocycles. The van der Waals surface area contributed by atoms with Crippen LogP contribution in [0.1, 0.15) is 33.9 Å². The number of thiophene rings is 1. The normalized spacial score (nSPS) is 10.9. The van der Waals surface area contributed by atoms with E-state index in [0.717, 1.165) is 16.0 Å². The molecule has 2 aromatic heterocycles. The SMILES string of the molecule is CCN(Cc1nc(COC)no1)C(=O)c1csc(C)c1-c1ccccc1. The third-order valence-electron chi connectivity index (χ3n) is 4.05. The number of hydrogen-bond acceptors (Lipinski definition) is 6. The molecule has 0 N–H and O–H groups in total. The van der Waals surface area contributed by atoms with Crippen molar-refractivity contribution < 1.29 is 14.1 Å². The number of aryl methyl sites for hydroxylation is 1. The lowest BCUT2D eigenvalue weighted by Gasteiger charge is -2.19. The van der Waals surface area contributed by atoms with Crippen LogP contribution in [0.2, 0.25) is 0 Å². The zero-order chi connectivity index (χ0) is 18.5. The topological polar surface area (TPSA) is 68.5 Å². The molecule has 6 nitrogen and oxygen atoms in total. The fraction of sp³-hybridized carbons (Fsp3) is 0.316. The zero-order valence-corrected chi connectivity index (χ0v) is 15.9. The fourth-order valence-electron chi connectivity index (χ4n) is 2.78. The molecule has 0 unspecified atom stereocenters. The van der Waals surface area contributed by atoms with Gasteiger partial charge in [0.2, 0.25) is 5.89 Å². The lowest BCUT2D eigenvalue weighted by Crippen LogP contribution is -2.30. The van der Waals surface area contributed by atoms with Crippen molar-refractivity contribution in [3.05, 3.63) is 57.9 Å². The highest BCUT2D eigenvalue weighted by Crippen LogP contribution is 2.33. The van der Waals surface area contributed by atoms with Gasteiger partial charge in [0.25, 0.3) is 5.91 Å². The Kier molecular flexibility index (Phi) is 5.80. The first kappa shape index (κ1) is 18.3. The first-order valence-electron chi connectivity index (χ1n) is 8.37. The molecule has 0 radical (unpaired) electrons. The summed E-state index contributed by atoms with van der Waals surface area (Å²) in [6.45, 7) is 5.07. The molecule has 26 heavy (non-hydrogen) atoms. The Morgan fingerprint density at radius 3 is 2.77 bits per heavy atom. The molecule has 0 bridgehead atoms. The number of nitrogens with zero attached hydrogens (tertiary/aromatic N) is 3. The first-order valence-corrected chi connectivity index (χ1v) is 9.25. The Labute approximate surface area is 156 Å². The van der Waals surface area contributed by atoms with Crippen LogP contribution in [0, 0.1) is 6.92 Å². The monoisotopic (exact) mass is 371 g/mol. The second kappa shape index (κ2) is 8.25. The predicted molar refractivity (Wildman–Crippen MR) is 99.9 cm³/mol. The smallest absolute Gasteiger partial charge is 0.255 e. The molecule has 0 aliphatic heterocycles. The lowest BCUT2D eigenvalue weighted by molar-refractivity contribution is 0.0735. The first-order chi connectivity index (χ1) is 12.6. The standard InChI is InChI=1S/C19H21N3O3S/c1-4-22(10-17-20-16(11-24-3)21-25-17)19(23)15-12-26-13(2)18(15)14-8-6-5-7-9-14/h5-9,12H,4,10-11H2,1-3H3. The maximum absolute atomic E-state index is 13.1. The van der Waals surface area contributed by atoms with Crippen molar-refractivity contribution in [2.24, 2.45) is 0 Å². The predicted octanol–water partition coefficient (Wildman–Crippen LogP) is 3.92. The van der Waals surface area contributed by atoms with Crippen LogP contribution in [0.4, 0.5) is 0 Å². The Hall–Kier alpha value is -2.51. The second-order valence-electron chi connectivity index (χ2n) is 5.80. The quantitative estimate of drug-likeness (QED) is 0.630. The minimum atomic E-state index is -0.0396. The van der Waals surface area contributed by atoms with Crippen LogP contribution in [-0.4, -0.2) is 34.6 Å². The largest absolute Gasteiger partial charge is 0.377 e. The summed E-state index contributed by atoms with van der Waals surface area (Å²) in [6.07, 6.45) is 0.